The Hall–Kier alpha value is -1.78. The Bertz CT molecular complexity index is 979. The van der Waals surface area contributed by atoms with Crippen LogP contribution in [-0.2, 0) is 26.1 Å². The molecule has 1 aromatic heterocycles. The van der Waals surface area contributed by atoms with Crippen LogP contribution in [0.3, 0.4) is 0 Å². The molecule has 1 aliphatic rings. The first kappa shape index (κ1) is 23.9. The number of benzene rings is 1. The molecule has 1 aromatic carbocycles. The summed E-state index contributed by atoms with van der Waals surface area (Å²) in [4.78, 5) is 19.0. The second-order valence-corrected chi connectivity index (χ2v) is 10.5. The van der Waals surface area contributed by atoms with Crippen molar-refractivity contribution in [2.75, 3.05) is 13.7 Å². The Labute approximate surface area is 192 Å². The minimum atomic E-state index is -3.63. The van der Waals surface area contributed by atoms with Crippen molar-refractivity contribution in [3.05, 3.63) is 58.0 Å². The van der Waals surface area contributed by atoms with Gasteiger partial charge >= 0.3 is 5.97 Å². The van der Waals surface area contributed by atoms with Gasteiger partial charge in [-0.05, 0) is 43.5 Å². The minimum Gasteiger partial charge on any atom is -0.469 e. The molecule has 7 nitrogen and oxygen atoms in total. The zero-order valence-corrected chi connectivity index (χ0v) is 19.6. The molecule has 0 aliphatic carbocycles. The van der Waals surface area contributed by atoms with Gasteiger partial charge in [0.05, 0.1) is 17.5 Å². The maximum atomic E-state index is 12.8. The molecule has 1 saturated heterocycles. The molecule has 3 rings (SSSR count). The lowest BCUT2D eigenvalue weighted by atomic mass is 10.1. The molecule has 1 fully saturated rings. The third-order valence-electron chi connectivity index (χ3n) is 5.08. The Morgan fingerprint density at radius 1 is 1.39 bits per heavy atom. The highest BCUT2D eigenvalue weighted by Crippen LogP contribution is 2.25. The Morgan fingerprint density at radius 3 is 2.84 bits per heavy atom. The van der Waals surface area contributed by atoms with Crippen molar-refractivity contribution in [3.63, 3.8) is 0 Å². The fraction of sp³-hybridized carbons (Fsp3) is 0.429. The van der Waals surface area contributed by atoms with Crippen LogP contribution in [0.25, 0.3) is 0 Å². The Kier molecular flexibility index (Phi) is 8.62. The fourth-order valence-electron chi connectivity index (χ4n) is 3.54. The van der Waals surface area contributed by atoms with E-state index in [9.17, 15) is 13.2 Å². The molecule has 2 aromatic rings. The number of sulfonamides is 1. The van der Waals surface area contributed by atoms with Crippen LogP contribution >= 0.6 is 22.9 Å². The van der Waals surface area contributed by atoms with Crippen LogP contribution in [0.1, 0.15) is 30.6 Å². The van der Waals surface area contributed by atoms with Crippen molar-refractivity contribution in [1.82, 2.24) is 14.6 Å². The lowest BCUT2D eigenvalue weighted by Gasteiger charge is -2.20. The SMILES string of the molecule is COC(=O)CCCC=C[C@@H]1C[C@@H](NS(=O)(=O)c2ccc(Cl)cc2)CN1Cc1cncs1. The molecule has 1 aliphatic heterocycles. The predicted octanol–water partition coefficient (Wildman–Crippen LogP) is 3.62. The van der Waals surface area contributed by atoms with Gasteiger partial charge in [0.15, 0.2) is 0 Å². The molecule has 10 heteroatoms. The molecule has 0 saturated carbocycles. The maximum absolute atomic E-state index is 12.8. The van der Waals surface area contributed by atoms with Gasteiger partial charge in [0.1, 0.15) is 0 Å². The summed E-state index contributed by atoms with van der Waals surface area (Å²) >= 11 is 7.46. The molecule has 0 unspecified atom stereocenters. The van der Waals surface area contributed by atoms with Gasteiger partial charge in [-0.2, -0.15) is 0 Å². The molecule has 168 valence electrons. The van der Waals surface area contributed by atoms with Gasteiger partial charge in [0.25, 0.3) is 0 Å². The summed E-state index contributed by atoms with van der Waals surface area (Å²) in [6.07, 6.45) is 8.54. The highest BCUT2D eigenvalue weighted by molar-refractivity contribution is 7.89. The van der Waals surface area contributed by atoms with E-state index in [-0.39, 0.29) is 22.9 Å². The van der Waals surface area contributed by atoms with Gasteiger partial charge in [-0.1, -0.05) is 23.8 Å². The van der Waals surface area contributed by atoms with Crippen LogP contribution < -0.4 is 4.72 Å². The molecule has 0 radical (unpaired) electrons. The number of nitrogens with zero attached hydrogens (tertiary/aromatic N) is 2. The van der Waals surface area contributed by atoms with E-state index in [0.717, 1.165) is 17.7 Å². The van der Waals surface area contributed by atoms with E-state index >= 15 is 0 Å². The van der Waals surface area contributed by atoms with Crippen LogP contribution in [0.4, 0.5) is 0 Å². The van der Waals surface area contributed by atoms with Crippen LogP contribution in [0, 0.1) is 0 Å². The molecule has 2 heterocycles. The zero-order valence-electron chi connectivity index (χ0n) is 17.2. The zero-order chi connectivity index (χ0) is 22.3. The van der Waals surface area contributed by atoms with Crippen LogP contribution in [0.5, 0.6) is 0 Å². The fourth-order valence-corrected chi connectivity index (χ4v) is 5.53. The number of thiazole rings is 1. The van der Waals surface area contributed by atoms with Gasteiger partial charge in [-0.25, -0.2) is 13.1 Å². The maximum Gasteiger partial charge on any atom is 0.305 e. The highest BCUT2D eigenvalue weighted by Gasteiger charge is 2.33. The first-order chi connectivity index (χ1) is 14.9. The molecule has 2 atom stereocenters. The molecule has 31 heavy (non-hydrogen) atoms. The first-order valence-electron chi connectivity index (χ1n) is 10.00. The van der Waals surface area contributed by atoms with Crippen molar-refractivity contribution in [3.8, 4) is 0 Å². The number of methoxy groups -OCH3 is 1. The number of carbonyl (C=O) groups is 1. The summed E-state index contributed by atoms with van der Waals surface area (Å²) in [6.45, 7) is 1.31. The number of carbonyl (C=O) groups excluding carboxylic acids is 1. The number of allylic oxidation sites excluding steroid dienone is 1. The number of aromatic nitrogens is 1. The normalized spacial score (nSPS) is 19.8. The molecular formula is C21H26ClN3O4S2. The summed E-state index contributed by atoms with van der Waals surface area (Å²) in [5.41, 5.74) is 1.80. The Morgan fingerprint density at radius 2 is 2.16 bits per heavy atom. The molecule has 0 spiro atoms. The van der Waals surface area contributed by atoms with Crippen molar-refractivity contribution < 1.29 is 17.9 Å². The third kappa shape index (κ3) is 7.11. The van der Waals surface area contributed by atoms with E-state index in [4.69, 9.17) is 11.6 Å². The average molecular weight is 484 g/mol. The van der Waals surface area contributed by atoms with Crippen LogP contribution in [-0.4, -0.2) is 50.0 Å². The van der Waals surface area contributed by atoms with E-state index in [1.807, 2.05) is 6.20 Å². The number of nitrogens with one attached hydrogen (secondary N) is 1. The largest absolute Gasteiger partial charge is 0.469 e. The number of halogens is 1. The second-order valence-electron chi connectivity index (χ2n) is 7.37. The lowest BCUT2D eigenvalue weighted by molar-refractivity contribution is -0.140. The quantitative estimate of drug-likeness (QED) is 0.315. The number of hydrogen-bond acceptors (Lipinski definition) is 7. The number of unbranched alkanes of at least 4 members (excludes halogenated alkanes) is 1. The van der Waals surface area contributed by atoms with Crippen molar-refractivity contribution >= 4 is 38.9 Å². The summed E-state index contributed by atoms with van der Waals surface area (Å²) in [5.74, 6) is -0.210. The monoisotopic (exact) mass is 483 g/mol. The van der Waals surface area contributed by atoms with E-state index in [0.29, 0.717) is 31.0 Å². The third-order valence-corrected chi connectivity index (χ3v) is 7.63. The number of rotatable bonds is 10. The standard InChI is InChI=1S/C21H26ClN3O4S2/c1-29-21(26)6-4-2-3-5-18-11-17(13-25(18)14-19-12-23-15-30-19)24-31(27,28)20-9-7-16(22)8-10-20/h3,5,7-10,12,15,17-18,24H,2,4,6,11,13-14H2,1H3/t17-,18-/m1/s1. The number of esters is 1. The van der Waals surface area contributed by atoms with Crippen molar-refractivity contribution in [2.45, 2.75) is 49.2 Å². The van der Waals surface area contributed by atoms with Crippen LogP contribution in [0.15, 0.2) is 53.0 Å². The van der Waals surface area contributed by atoms with Gasteiger partial charge in [-0.15, -0.1) is 11.3 Å². The van der Waals surface area contributed by atoms with Crippen LogP contribution in [0.2, 0.25) is 5.02 Å². The first-order valence-corrected chi connectivity index (χ1v) is 12.7. The molecule has 1 N–H and O–H groups in total. The van der Waals surface area contributed by atoms with E-state index in [2.05, 4.69) is 31.5 Å². The predicted molar refractivity (Wildman–Crippen MR) is 121 cm³/mol. The lowest BCUT2D eigenvalue weighted by Crippen LogP contribution is -2.37. The summed E-state index contributed by atoms with van der Waals surface area (Å²) in [7, 11) is -2.24. The molecule has 0 bridgehead atoms. The smallest absolute Gasteiger partial charge is 0.305 e. The van der Waals surface area contributed by atoms with Crippen molar-refractivity contribution in [2.24, 2.45) is 0 Å². The van der Waals surface area contributed by atoms with Crippen molar-refractivity contribution in [1.29, 1.82) is 0 Å². The number of hydrogen-bond donors (Lipinski definition) is 1. The van der Waals surface area contributed by atoms with Gasteiger partial charge in [0, 0.05) is 47.7 Å². The average Bonchev–Trinajstić information content (AvgIpc) is 3.38. The summed E-state index contributed by atoms with van der Waals surface area (Å²) in [5, 5.41) is 0.493. The van der Waals surface area contributed by atoms with Gasteiger partial charge in [0.2, 0.25) is 10.0 Å². The Balaban J connectivity index is 1.64. The van der Waals surface area contributed by atoms with Gasteiger partial charge < -0.3 is 4.74 Å². The number of likely N-dealkylation sites (tertiary alicyclic amines) is 1. The van der Waals surface area contributed by atoms with Gasteiger partial charge in [-0.3, -0.25) is 14.7 Å². The van der Waals surface area contributed by atoms with E-state index in [1.165, 1.54) is 19.2 Å². The molecular weight excluding hydrogens is 458 g/mol. The molecule has 0 amide bonds. The number of ether oxygens (including phenoxy) is 1. The summed E-state index contributed by atoms with van der Waals surface area (Å²) in [6, 6.07) is 6.04. The minimum absolute atomic E-state index is 0.0955. The summed E-state index contributed by atoms with van der Waals surface area (Å²) < 4.78 is 33.1. The van der Waals surface area contributed by atoms with E-state index in [1.54, 1.807) is 29.0 Å². The highest BCUT2D eigenvalue weighted by atomic mass is 35.5. The van der Waals surface area contributed by atoms with E-state index < -0.39 is 10.0 Å². The topological polar surface area (TPSA) is 88.6 Å². The second kappa shape index (κ2) is 11.2.